The Labute approximate surface area is 220 Å². The van der Waals surface area contributed by atoms with Crippen molar-refractivity contribution in [1.29, 1.82) is 0 Å². The summed E-state index contributed by atoms with van der Waals surface area (Å²) in [5.74, 6) is 0.260. The van der Waals surface area contributed by atoms with E-state index in [9.17, 15) is 18.0 Å². The Morgan fingerprint density at radius 2 is 1.56 bits per heavy atom. The van der Waals surface area contributed by atoms with Gasteiger partial charge in [-0.25, -0.2) is 9.78 Å². The van der Waals surface area contributed by atoms with Gasteiger partial charge in [-0.05, 0) is 29.3 Å². The van der Waals surface area contributed by atoms with Gasteiger partial charge >= 0.3 is 11.9 Å². The number of hydrogen-bond donors (Lipinski definition) is 0. The van der Waals surface area contributed by atoms with Gasteiger partial charge in [0.1, 0.15) is 11.2 Å². The molecule has 0 spiro atoms. The molecule has 9 heteroatoms. The fraction of sp³-hybridized carbons (Fsp3) is 0.167. The lowest BCUT2D eigenvalue weighted by molar-refractivity contribution is -0.136. The van der Waals surface area contributed by atoms with E-state index in [1.165, 1.54) is 4.57 Å². The van der Waals surface area contributed by atoms with Gasteiger partial charge in [0.2, 0.25) is 0 Å². The third kappa shape index (κ3) is 4.50. The molecule has 6 nitrogen and oxygen atoms in total. The van der Waals surface area contributed by atoms with Crippen LogP contribution < -0.4 is 5.69 Å². The van der Waals surface area contributed by atoms with E-state index in [0.29, 0.717) is 17.7 Å². The molecule has 6 rings (SSSR count). The second-order valence-corrected chi connectivity index (χ2v) is 9.35. The number of pyridine rings is 1. The molecule has 0 bridgehead atoms. The van der Waals surface area contributed by atoms with E-state index in [0.717, 1.165) is 27.0 Å². The molecule has 3 aromatic heterocycles. The van der Waals surface area contributed by atoms with Crippen LogP contribution in [0.15, 0.2) is 94.2 Å². The molecule has 0 aliphatic heterocycles. The lowest BCUT2D eigenvalue weighted by atomic mass is 10.1. The maximum atomic E-state index is 14.4. The molecular weight excluding hydrogens is 505 g/mol. The molecule has 0 aliphatic rings. The van der Waals surface area contributed by atoms with Crippen LogP contribution in [0.4, 0.5) is 13.2 Å². The van der Waals surface area contributed by atoms with Crippen molar-refractivity contribution in [3.63, 3.8) is 0 Å². The topological polar surface area (TPSA) is 65.8 Å². The molecule has 6 aromatic rings. The number of rotatable bonds is 6. The van der Waals surface area contributed by atoms with Gasteiger partial charge in [-0.3, -0.25) is 9.13 Å². The van der Waals surface area contributed by atoms with Crippen molar-refractivity contribution >= 4 is 21.9 Å². The van der Waals surface area contributed by atoms with Crippen LogP contribution in [0.1, 0.15) is 24.7 Å². The molecule has 0 N–H and O–H groups in total. The summed E-state index contributed by atoms with van der Waals surface area (Å²) in [6.07, 6.45) is -4.17. The van der Waals surface area contributed by atoms with Crippen LogP contribution in [0.3, 0.4) is 0 Å². The molecule has 3 aromatic carbocycles. The fourth-order valence-corrected chi connectivity index (χ4v) is 4.88. The van der Waals surface area contributed by atoms with Gasteiger partial charge in [-0.1, -0.05) is 78.8 Å². The first kappa shape index (κ1) is 24.7. The van der Waals surface area contributed by atoms with Crippen molar-refractivity contribution in [3.8, 4) is 22.5 Å². The third-order valence-electron chi connectivity index (χ3n) is 6.70. The highest BCUT2D eigenvalue weighted by Crippen LogP contribution is 2.37. The Morgan fingerprint density at radius 3 is 2.31 bits per heavy atom. The van der Waals surface area contributed by atoms with Crippen LogP contribution in [0, 0.1) is 0 Å². The van der Waals surface area contributed by atoms with Crippen molar-refractivity contribution in [3.05, 3.63) is 107 Å². The van der Waals surface area contributed by atoms with Gasteiger partial charge in [0.15, 0.2) is 11.4 Å². The Balaban J connectivity index is 1.48. The van der Waals surface area contributed by atoms with E-state index < -0.39 is 17.4 Å². The number of aromatic nitrogens is 4. The summed E-state index contributed by atoms with van der Waals surface area (Å²) in [6, 6.07) is 25.0. The lowest BCUT2D eigenvalue weighted by Crippen LogP contribution is -2.25. The number of alkyl halides is 3. The third-order valence-corrected chi connectivity index (χ3v) is 6.70. The van der Waals surface area contributed by atoms with Crippen LogP contribution in [-0.4, -0.2) is 19.3 Å². The molecule has 196 valence electrons. The van der Waals surface area contributed by atoms with Gasteiger partial charge < -0.3 is 4.52 Å². The largest absolute Gasteiger partial charge is 0.418 e. The molecule has 0 saturated heterocycles. The monoisotopic (exact) mass is 528 g/mol. The Bertz CT molecular complexity index is 1870. The first-order valence-corrected chi connectivity index (χ1v) is 12.5. The minimum Gasteiger partial charge on any atom is -0.359 e. The second-order valence-electron chi connectivity index (χ2n) is 9.35. The first-order chi connectivity index (χ1) is 18.8. The van der Waals surface area contributed by atoms with Gasteiger partial charge in [-0.2, -0.15) is 13.2 Å². The predicted octanol–water partition coefficient (Wildman–Crippen LogP) is 7.15. The summed E-state index contributed by atoms with van der Waals surface area (Å²) in [4.78, 5) is 18.0. The Morgan fingerprint density at radius 1 is 0.821 bits per heavy atom. The van der Waals surface area contributed by atoms with E-state index in [2.05, 4.69) is 10.1 Å². The maximum absolute atomic E-state index is 14.4. The zero-order valence-electron chi connectivity index (χ0n) is 20.9. The molecule has 0 aliphatic carbocycles. The molecule has 0 atom stereocenters. The minimum absolute atomic E-state index is 0.00945. The quantitative estimate of drug-likeness (QED) is 0.230. The first-order valence-electron chi connectivity index (χ1n) is 12.5. The van der Waals surface area contributed by atoms with Crippen molar-refractivity contribution in [1.82, 2.24) is 19.3 Å². The number of imidazole rings is 1. The minimum atomic E-state index is -4.71. The zero-order valence-corrected chi connectivity index (χ0v) is 20.9. The number of aryl methyl sites for hydroxylation is 1. The van der Waals surface area contributed by atoms with E-state index >= 15 is 0 Å². The summed E-state index contributed by atoms with van der Waals surface area (Å²) >= 11 is 0. The number of nitrogens with zero attached hydrogens (tertiary/aromatic N) is 4. The average Bonchev–Trinajstić information content (AvgIpc) is 3.51. The summed E-state index contributed by atoms with van der Waals surface area (Å²) in [7, 11) is 0. The second kappa shape index (κ2) is 9.58. The smallest absolute Gasteiger partial charge is 0.359 e. The van der Waals surface area contributed by atoms with Crippen molar-refractivity contribution in [2.24, 2.45) is 0 Å². The van der Waals surface area contributed by atoms with E-state index in [-0.39, 0.29) is 35.7 Å². The summed E-state index contributed by atoms with van der Waals surface area (Å²) in [5, 5.41) is 6.23. The van der Waals surface area contributed by atoms with Crippen molar-refractivity contribution < 1.29 is 17.7 Å². The highest BCUT2D eigenvalue weighted by molar-refractivity contribution is 5.86. The molecule has 3 heterocycles. The molecular formula is C30H23F3N4O2. The van der Waals surface area contributed by atoms with Crippen LogP contribution >= 0.6 is 0 Å². The fourth-order valence-electron chi connectivity index (χ4n) is 4.88. The van der Waals surface area contributed by atoms with E-state index in [1.54, 1.807) is 36.4 Å². The molecule has 0 unspecified atom stereocenters. The highest BCUT2D eigenvalue weighted by atomic mass is 19.4. The van der Waals surface area contributed by atoms with Crippen LogP contribution in [-0.2, 0) is 19.3 Å². The van der Waals surface area contributed by atoms with Crippen LogP contribution in [0.25, 0.3) is 44.5 Å². The highest BCUT2D eigenvalue weighted by Gasteiger charge is 2.37. The number of benzene rings is 3. The summed E-state index contributed by atoms with van der Waals surface area (Å²) in [6.45, 7) is 1.86. The standard InChI is InChI=1S/C30H23F3N4O2/c1-2-14-36-28-27(24(30(31,32)33)17-25(34-28)20-9-4-3-5-10-20)37(29(36)38)18-23-16-26(35-39-23)22-13-12-19-8-6-7-11-21(19)15-22/h3-13,15-17H,2,14,18H2,1H3. The molecule has 0 fully saturated rings. The maximum Gasteiger partial charge on any atom is 0.418 e. The van der Waals surface area contributed by atoms with Gasteiger partial charge in [-0.15, -0.1) is 0 Å². The van der Waals surface area contributed by atoms with Crippen molar-refractivity contribution in [2.75, 3.05) is 0 Å². The molecule has 39 heavy (non-hydrogen) atoms. The van der Waals surface area contributed by atoms with E-state index in [4.69, 9.17) is 4.52 Å². The summed E-state index contributed by atoms with van der Waals surface area (Å²) < 4.78 is 51.2. The molecule has 0 radical (unpaired) electrons. The van der Waals surface area contributed by atoms with E-state index in [1.807, 2.05) is 49.4 Å². The zero-order chi connectivity index (χ0) is 27.1. The normalized spacial score (nSPS) is 12.0. The average molecular weight is 529 g/mol. The number of halogens is 3. The SMILES string of the molecule is CCCn1c(=O)n(Cc2cc(-c3ccc4ccccc4c3)no2)c2c(C(F)(F)F)cc(-c3ccccc3)nc21. The molecule has 0 amide bonds. The number of hydrogen-bond acceptors (Lipinski definition) is 4. The van der Waals surface area contributed by atoms with Crippen LogP contribution in [0.2, 0.25) is 0 Å². The van der Waals surface area contributed by atoms with Gasteiger partial charge in [0.25, 0.3) is 0 Å². The van der Waals surface area contributed by atoms with Crippen molar-refractivity contribution in [2.45, 2.75) is 32.6 Å². The van der Waals surface area contributed by atoms with Gasteiger partial charge in [0, 0.05) is 23.7 Å². The predicted molar refractivity (Wildman–Crippen MR) is 143 cm³/mol. The summed E-state index contributed by atoms with van der Waals surface area (Å²) in [5.41, 5.74) is 0.218. The lowest BCUT2D eigenvalue weighted by Gasteiger charge is -2.12. The molecule has 0 saturated carbocycles. The van der Waals surface area contributed by atoms with Crippen LogP contribution in [0.5, 0.6) is 0 Å². The van der Waals surface area contributed by atoms with Gasteiger partial charge in [0.05, 0.1) is 17.8 Å². The Hall–Kier alpha value is -4.66. The number of fused-ring (bicyclic) bond motifs is 2. The Kier molecular flexibility index (Phi) is 6.06.